The summed E-state index contributed by atoms with van der Waals surface area (Å²) in [6, 6.07) is 0. The summed E-state index contributed by atoms with van der Waals surface area (Å²) in [5.74, 6) is 1.71. The Morgan fingerprint density at radius 3 is 2.74 bits per heavy atom. The van der Waals surface area contributed by atoms with Crippen LogP contribution < -0.4 is 5.73 Å². The minimum Gasteiger partial charge on any atom is -0.383 e. The molecule has 2 N–H and O–H groups in total. The van der Waals surface area contributed by atoms with Crippen molar-refractivity contribution in [3.05, 3.63) is 30.4 Å². The van der Waals surface area contributed by atoms with Gasteiger partial charge in [-0.25, -0.2) is 4.98 Å². The zero-order valence-corrected chi connectivity index (χ0v) is 11.8. The average Bonchev–Trinajstić information content (AvgIpc) is 2.83. The molecule has 0 amide bonds. The monoisotopic (exact) mass is 259 g/mol. The molecule has 2 heterocycles. The number of aromatic nitrogens is 4. The fourth-order valence-electron chi connectivity index (χ4n) is 2.29. The van der Waals surface area contributed by atoms with Gasteiger partial charge in [0.15, 0.2) is 0 Å². The summed E-state index contributed by atoms with van der Waals surface area (Å²) in [5, 5.41) is 4.35. The van der Waals surface area contributed by atoms with E-state index in [4.69, 9.17) is 10.7 Å². The third kappa shape index (κ3) is 2.41. The molecule has 0 aliphatic rings. The zero-order chi connectivity index (χ0) is 14.0. The van der Waals surface area contributed by atoms with Gasteiger partial charge in [-0.05, 0) is 13.3 Å². The summed E-state index contributed by atoms with van der Waals surface area (Å²) in [7, 11) is 1.90. The van der Waals surface area contributed by atoms with E-state index in [0.717, 1.165) is 35.6 Å². The largest absolute Gasteiger partial charge is 0.383 e. The molecule has 0 atom stereocenters. The number of hydrogen-bond donors (Lipinski definition) is 1. The first-order chi connectivity index (χ1) is 9.08. The van der Waals surface area contributed by atoms with Gasteiger partial charge in [-0.3, -0.25) is 4.68 Å². The van der Waals surface area contributed by atoms with Gasteiger partial charge in [0, 0.05) is 31.8 Å². The Labute approximate surface area is 113 Å². The number of rotatable bonds is 5. The predicted molar refractivity (Wildman–Crippen MR) is 77.8 cm³/mol. The van der Waals surface area contributed by atoms with Crippen LogP contribution in [0, 0.1) is 6.92 Å². The lowest BCUT2D eigenvalue weighted by Crippen LogP contribution is -2.05. The smallest absolute Gasteiger partial charge is 0.132 e. The molecular formula is C14H21N5. The third-order valence-corrected chi connectivity index (χ3v) is 3.14. The van der Waals surface area contributed by atoms with E-state index < -0.39 is 0 Å². The van der Waals surface area contributed by atoms with Crippen LogP contribution in [0.25, 0.3) is 11.3 Å². The van der Waals surface area contributed by atoms with Crippen LogP contribution in [-0.4, -0.2) is 19.3 Å². The van der Waals surface area contributed by atoms with Gasteiger partial charge in [-0.15, -0.1) is 6.58 Å². The van der Waals surface area contributed by atoms with E-state index in [-0.39, 0.29) is 0 Å². The fourth-order valence-corrected chi connectivity index (χ4v) is 2.29. The Balaban J connectivity index is 2.55. The van der Waals surface area contributed by atoms with Crippen molar-refractivity contribution in [2.45, 2.75) is 33.2 Å². The van der Waals surface area contributed by atoms with Gasteiger partial charge in [0.05, 0.1) is 5.69 Å². The lowest BCUT2D eigenvalue weighted by atomic mass is 10.2. The van der Waals surface area contributed by atoms with E-state index in [0.29, 0.717) is 12.4 Å². The minimum atomic E-state index is 0.688. The number of nitrogen functional groups attached to an aromatic ring is 1. The van der Waals surface area contributed by atoms with Crippen LogP contribution in [-0.2, 0) is 20.0 Å². The Morgan fingerprint density at radius 1 is 1.47 bits per heavy atom. The number of allylic oxidation sites excluding steroid dienone is 1. The van der Waals surface area contributed by atoms with Gasteiger partial charge in [0.25, 0.3) is 0 Å². The zero-order valence-electron chi connectivity index (χ0n) is 11.8. The second-order valence-electron chi connectivity index (χ2n) is 4.71. The minimum absolute atomic E-state index is 0.688. The van der Waals surface area contributed by atoms with Crippen LogP contribution in [0.2, 0.25) is 0 Å². The number of imidazole rings is 1. The molecule has 2 aromatic heterocycles. The lowest BCUT2D eigenvalue weighted by Gasteiger charge is -2.05. The highest BCUT2D eigenvalue weighted by Crippen LogP contribution is 2.28. The Bertz CT molecular complexity index is 591. The molecule has 0 aromatic carbocycles. The number of nitrogens with two attached hydrogens (primary N) is 1. The molecule has 102 valence electrons. The number of aryl methyl sites for hydroxylation is 3. The number of hydrogen-bond acceptors (Lipinski definition) is 3. The Kier molecular flexibility index (Phi) is 3.74. The molecule has 2 aromatic rings. The number of anilines is 1. The molecular weight excluding hydrogens is 238 g/mol. The summed E-state index contributed by atoms with van der Waals surface area (Å²) in [6.07, 6.45) is 5.76. The quantitative estimate of drug-likeness (QED) is 0.838. The van der Waals surface area contributed by atoms with Crippen LogP contribution in [0.3, 0.4) is 0 Å². The van der Waals surface area contributed by atoms with Crippen molar-refractivity contribution >= 4 is 5.82 Å². The van der Waals surface area contributed by atoms with Gasteiger partial charge >= 0.3 is 0 Å². The van der Waals surface area contributed by atoms with E-state index in [1.54, 1.807) is 4.68 Å². The van der Waals surface area contributed by atoms with Gasteiger partial charge in [-0.2, -0.15) is 5.10 Å². The van der Waals surface area contributed by atoms with Gasteiger partial charge in [0.2, 0.25) is 0 Å². The van der Waals surface area contributed by atoms with Crippen molar-refractivity contribution in [2.24, 2.45) is 7.05 Å². The molecule has 19 heavy (non-hydrogen) atoms. The SMILES string of the molecule is C=CCn1c(CCC)nc(-c2cn(C)nc2C)c1N. The van der Waals surface area contributed by atoms with E-state index in [1.165, 1.54) is 0 Å². The molecule has 5 nitrogen and oxygen atoms in total. The summed E-state index contributed by atoms with van der Waals surface area (Å²) < 4.78 is 3.81. The molecule has 0 saturated carbocycles. The van der Waals surface area contributed by atoms with Crippen LogP contribution in [0.5, 0.6) is 0 Å². The lowest BCUT2D eigenvalue weighted by molar-refractivity contribution is 0.724. The first kappa shape index (κ1) is 13.4. The summed E-state index contributed by atoms with van der Waals surface area (Å²) >= 11 is 0. The number of nitrogens with zero attached hydrogens (tertiary/aromatic N) is 4. The highest BCUT2D eigenvalue weighted by molar-refractivity contribution is 5.72. The average molecular weight is 259 g/mol. The highest BCUT2D eigenvalue weighted by Gasteiger charge is 2.18. The maximum absolute atomic E-state index is 6.25. The second kappa shape index (κ2) is 5.30. The van der Waals surface area contributed by atoms with Crippen molar-refractivity contribution in [3.63, 3.8) is 0 Å². The topological polar surface area (TPSA) is 61.7 Å². The standard InChI is InChI=1S/C14H21N5/c1-5-7-12-16-13(14(15)19(12)8-6-2)11-9-18(4)17-10(11)3/h6,9H,2,5,7-8,15H2,1,3-4H3. The van der Waals surface area contributed by atoms with E-state index >= 15 is 0 Å². The van der Waals surface area contributed by atoms with Crippen molar-refractivity contribution < 1.29 is 0 Å². The highest BCUT2D eigenvalue weighted by atomic mass is 15.3. The maximum Gasteiger partial charge on any atom is 0.132 e. The maximum atomic E-state index is 6.25. The van der Waals surface area contributed by atoms with Crippen LogP contribution in [0.15, 0.2) is 18.9 Å². The first-order valence-electron chi connectivity index (χ1n) is 6.54. The van der Waals surface area contributed by atoms with Gasteiger partial charge in [0.1, 0.15) is 17.3 Å². The second-order valence-corrected chi connectivity index (χ2v) is 4.71. The normalized spacial score (nSPS) is 10.9. The molecule has 0 unspecified atom stereocenters. The Hall–Kier alpha value is -2.04. The Morgan fingerprint density at radius 2 is 2.21 bits per heavy atom. The van der Waals surface area contributed by atoms with Crippen LogP contribution in [0.4, 0.5) is 5.82 Å². The molecule has 0 aliphatic carbocycles. The molecule has 2 rings (SSSR count). The first-order valence-corrected chi connectivity index (χ1v) is 6.54. The van der Waals surface area contributed by atoms with Crippen molar-refractivity contribution in [2.75, 3.05) is 5.73 Å². The molecule has 0 saturated heterocycles. The van der Waals surface area contributed by atoms with Crippen LogP contribution >= 0.6 is 0 Å². The molecule has 0 radical (unpaired) electrons. The fraction of sp³-hybridized carbons (Fsp3) is 0.429. The molecule has 0 fully saturated rings. The molecule has 0 aliphatic heterocycles. The summed E-state index contributed by atoms with van der Waals surface area (Å²) in [5.41, 5.74) is 9.02. The summed E-state index contributed by atoms with van der Waals surface area (Å²) in [6.45, 7) is 8.58. The molecule has 0 spiro atoms. The van der Waals surface area contributed by atoms with Crippen LogP contribution in [0.1, 0.15) is 24.9 Å². The third-order valence-electron chi connectivity index (χ3n) is 3.14. The predicted octanol–water partition coefficient (Wildman–Crippen LogP) is 2.31. The molecule has 0 bridgehead atoms. The van der Waals surface area contributed by atoms with Crippen molar-refractivity contribution in [3.8, 4) is 11.3 Å². The van der Waals surface area contributed by atoms with E-state index in [9.17, 15) is 0 Å². The van der Waals surface area contributed by atoms with E-state index in [1.807, 2.05) is 30.8 Å². The van der Waals surface area contributed by atoms with E-state index in [2.05, 4.69) is 18.6 Å². The summed E-state index contributed by atoms with van der Waals surface area (Å²) in [4.78, 5) is 4.70. The van der Waals surface area contributed by atoms with Crippen molar-refractivity contribution in [1.82, 2.24) is 19.3 Å². The van der Waals surface area contributed by atoms with Crippen molar-refractivity contribution in [1.29, 1.82) is 0 Å². The van der Waals surface area contributed by atoms with Gasteiger partial charge < -0.3 is 10.3 Å². The van der Waals surface area contributed by atoms with Gasteiger partial charge in [-0.1, -0.05) is 13.0 Å². The molecule has 5 heteroatoms.